The molecule has 0 aromatic carbocycles. The number of rotatable bonds is 4. The fraction of sp³-hybridized carbons (Fsp3) is 0.500. The van der Waals surface area contributed by atoms with Crippen molar-refractivity contribution in [1.29, 1.82) is 0 Å². The van der Waals surface area contributed by atoms with Gasteiger partial charge in [-0.3, -0.25) is 9.59 Å². The van der Waals surface area contributed by atoms with Gasteiger partial charge in [0, 0.05) is 25.2 Å². The molecule has 1 N–H and O–H groups in total. The normalized spacial score (nSPS) is 21.9. The van der Waals surface area contributed by atoms with Crippen molar-refractivity contribution >= 4 is 17.5 Å². The molecule has 20 heavy (non-hydrogen) atoms. The van der Waals surface area contributed by atoms with Crippen LogP contribution < -0.4 is 10.1 Å². The van der Waals surface area contributed by atoms with Gasteiger partial charge in [-0.1, -0.05) is 0 Å². The van der Waals surface area contributed by atoms with E-state index in [4.69, 9.17) is 4.74 Å². The SMILES string of the molecule is COc1ncccc1NC(=O)[C@H]1CC(=O)N(C2CC2)C1. The maximum absolute atomic E-state index is 12.2. The first kappa shape index (κ1) is 12.9. The number of nitrogens with zero attached hydrogens (tertiary/aromatic N) is 2. The lowest BCUT2D eigenvalue weighted by Crippen LogP contribution is -2.30. The number of methoxy groups -OCH3 is 1. The number of nitrogens with one attached hydrogen (secondary N) is 1. The molecule has 0 radical (unpaired) electrons. The predicted octanol–water partition coefficient (Wildman–Crippen LogP) is 1.04. The van der Waals surface area contributed by atoms with Gasteiger partial charge in [0.15, 0.2) is 0 Å². The average Bonchev–Trinajstić information content (AvgIpc) is 3.22. The van der Waals surface area contributed by atoms with Gasteiger partial charge < -0.3 is 15.0 Å². The fourth-order valence-electron chi connectivity index (χ4n) is 2.53. The second kappa shape index (κ2) is 5.11. The van der Waals surface area contributed by atoms with Gasteiger partial charge in [-0.2, -0.15) is 0 Å². The highest BCUT2D eigenvalue weighted by atomic mass is 16.5. The molecule has 106 valence electrons. The van der Waals surface area contributed by atoms with Crippen molar-refractivity contribution in [2.75, 3.05) is 19.0 Å². The number of carbonyl (C=O) groups is 2. The highest BCUT2D eigenvalue weighted by Crippen LogP contribution is 2.33. The van der Waals surface area contributed by atoms with E-state index in [1.807, 2.05) is 4.90 Å². The molecule has 1 aliphatic carbocycles. The Morgan fingerprint density at radius 1 is 1.50 bits per heavy atom. The van der Waals surface area contributed by atoms with Crippen molar-refractivity contribution in [1.82, 2.24) is 9.88 Å². The Bertz CT molecular complexity index is 542. The van der Waals surface area contributed by atoms with Crippen molar-refractivity contribution in [3.8, 4) is 5.88 Å². The maximum atomic E-state index is 12.2. The lowest BCUT2D eigenvalue weighted by Gasteiger charge is -2.15. The van der Waals surface area contributed by atoms with Gasteiger partial charge in [-0.25, -0.2) is 4.98 Å². The number of aromatic nitrogens is 1. The second-order valence-electron chi connectivity index (χ2n) is 5.23. The second-order valence-corrected chi connectivity index (χ2v) is 5.23. The van der Waals surface area contributed by atoms with Gasteiger partial charge in [-0.15, -0.1) is 0 Å². The molecule has 2 fully saturated rings. The summed E-state index contributed by atoms with van der Waals surface area (Å²) in [5, 5.41) is 2.80. The highest BCUT2D eigenvalue weighted by molar-refractivity contribution is 5.98. The molecule has 1 saturated heterocycles. The molecule has 0 unspecified atom stereocenters. The topological polar surface area (TPSA) is 71.5 Å². The number of hydrogen-bond donors (Lipinski definition) is 1. The van der Waals surface area contributed by atoms with Gasteiger partial charge in [0.25, 0.3) is 0 Å². The third-order valence-electron chi connectivity index (χ3n) is 3.74. The molecule has 6 nitrogen and oxygen atoms in total. The first-order chi connectivity index (χ1) is 9.69. The monoisotopic (exact) mass is 275 g/mol. The van der Waals surface area contributed by atoms with Gasteiger partial charge in [0.1, 0.15) is 5.69 Å². The maximum Gasteiger partial charge on any atom is 0.237 e. The molecule has 2 heterocycles. The highest BCUT2D eigenvalue weighted by Gasteiger charge is 2.41. The molecular formula is C14H17N3O3. The van der Waals surface area contributed by atoms with Crippen molar-refractivity contribution < 1.29 is 14.3 Å². The number of likely N-dealkylation sites (tertiary alicyclic amines) is 1. The number of pyridine rings is 1. The van der Waals surface area contributed by atoms with Gasteiger partial charge in [0.05, 0.1) is 13.0 Å². The Labute approximate surface area is 117 Å². The van der Waals surface area contributed by atoms with Crippen LogP contribution in [0.15, 0.2) is 18.3 Å². The van der Waals surface area contributed by atoms with Crippen LogP contribution in [-0.4, -0.2) is 41.4 Å². The Morgan fingerprint density at radius 2 is 2.30 bits per heavy atom. The Kier molecular flexibility index (Phi) is 3.30. The van der Waals surface area contributed by atoms with Crippen LogP contribution in [-0.2, 0) is 9.59 Å². The van der Waals surface area contributed by atoms with Crippen LogP contribution in [0.1, 0.15) is 19.3 Å². The van der Waals surface area contributed by atoms with E-state index in [2.05, 4.69) is 10.3 Å². The molecule has 0 bridgehead atoms. The van der Waals surface area contributed by atoms with E-state index in [-0.39, 0.29) is 17.7 Å². The zero-order chi connectivity index (χ0) is 14.1. The van der Waals surface area contributed by atoms with Crippen LogP contribution in [0.3, 0.4) is 0 Å². The fourth-order valence-corrected chi connectivity index (χ4v) is 2.53. The predicted molar refractivity (Wildman–Crippen MR) is 72.3 cm³/mol. The standard InChI is InChI=1S/C14H17N3O3/c1-20-14-11(3-2-6-15-14)16-13(19)9-7-12(18)17(8-9)10-4-5-10/h2-3,6,9-10H,4-5,7-8H2,1H3,(H,16,19)/t9-/m0/s1. The van der Waals surface area contributed by atoms with E-state index in [0.29, 0.717) is 30.6 Å². The van der Waals surface area contributed by atoms with Crippen molar-refractivity contribution in [2.24, 2.45) is 5.92 Å². The van der Waals surface area contributed by atoms with E-state index in [1.165, 1.54) is 7.11 Å². The Morgan fingerprint density at radius 3 is 3.00 bits per heavy atom. The number of anilines is 1. The van der Waals surface area contributed by atoms with E-state index in [1.54, 1.807) is 18.3 Å². The van der Waals surface area contributed by atoms with Crippen LogP contribution in [0.5, 0.6) is 5.88 Å². The van der Waals surface area contributed by atoms with E-state index in [9.17, 15) is 9.59 Å². The molecule has 6 heteroatoms. The molecule has 1 atom stereocenters. The van der Waals surface area contributed by atoms with Crippen LogP contribution in [0, 0.1) is 5.92 Å². The number of ether oxygens (including phenoxy) is 1. The number of amides is 2. The van der Waals surface area contributed by atoms with E-state index in [0.717, 1.165) is 12.8 Å². The van der Waals surface area contributed by atoms with Crippen molar-refractivity contribution in [3.05, 3.63) is 18.3 Å². The lowest BCUT2D eigenvalue weighted by atomic mass is 10.1. The van der Waals surface area contributed by atoms with Gasteiger partial charge >= 0.3 is 0 Å². The number of hydrogen-bond acceptors (Lipinski definition) is 4. The smallest absolute Gasteiger partial charge is 0.237 e. The third-order valence-corrected chi connectivity index (χ3v) is 3.74. The van der Waals surface area contributed by atoms with E-state index >= 15 is 0 Å². The van der Waals surface area contributed by atoms with Crippen LogP contribution in [0.2, 0.25) is 0 Å². The number of carbonyl (C=O) groups excluding carboxylic acids is 2. The summed E-state index contributed by atoms with van der Waals surface area (Å²) in [7, 11) is 1.51. The minimum Gasteiger partial charge on any atom is -0.480 e. The Balaban J connectivity index is 1.66. The summed E-state index contributed by atoms with van der Waals surface area (Å²) < 4.78 is 5.10. The van der Waals surface area contributed by atoms with Crippen LogP contribution >= 0.6 is 0 Å². The third kappa shape index (κ3) is 2.45. The molecule has 1 aliphatic heterocycles. The summed E-state index contributed by atoms with van der Waals surface area (Å²) in [5.41, 5.74) is 0.539. The van der Waals surface area contributed by atoms with Crippen molar-refractivity contribution in [3.63, 3.8) is 0 Å². The van der Waals surface area contributed by atoms with Crippen LogP contribution in [0.4, 0.5) is 5.69 Å². The molecule has 1 saturated carbocycles. The molecule has 2 aliphatic rings. The Hall–Kier alpha value is -2.11. The molecule has 0 spiro atoms. The molecule has 2 amide bonds. The average molecular weight is 275 g/mol. The summed E-state index contributed by atoms with van der Waals surface area (Å²) in [6.07, 6.45) is 4.03. The summed E-state index contributed by atoms with van der Waals surface area (Å²) in [6, 6.07) is 3.83. The van der Waals surface area contributed by atoms with Crippen LogP contribution in [0.25, 0.3) is 0 Å². The lowest BCUT2D eigenvalue weighted by molar-refractivity contribution is -0.128. The van der Waals surface area contributed by atoms with E-state index < -0.39 is 0 Å². The molecule has 3 rings (SSSR count). The zero-order valence-electron chi connectivity index (χ0n) is 11.3. The summed E-state index contributed by atoms with van der Waals surface area (Å²) >= 11 is 0. The van der Waals surface area contributed by atoms with Gasteiger partial charge in [-0.05, 0) is 25.0 Å². The summed E-state index contributed by atoms with van der Waals surface area (Å²) in [5.74, 6) is 0.0378. The molecular weight excluding hydrogens is 258 g/mol. The minimum absolute atomic E-state index is 0.0887. The first-order valence-corrected chi connectivity index (χ1v) is 6.78. The van der Waals surface area contributed by atoms with Crippen molar-refractivity contribution in [2.45, 2.75) is 25.3 Å². The first-order valence-electron chi connectivity index (χ1n) is 6.78. The largest absolute Gasteiger partial charge is 0.480 e. The zero-order valence-corrected chi connectivity index (χ0v) is 11.3. The summed E-state index contributed by atoms with van der Waals surface area (Å²) in [4.78, 5) is 30.0. The minimum atomic E-state index is -0.284. The van der Waals surface area contributed by atoms with Gasteiger partial charge in [0.2, 0.25) is 17.7 Å². The molecule has 1 aromatic heterocycles. The quantitative estimate of drug-likeness (QED) is 0.891. The summed E-state index contributed by atoms with van der Waals surface area (Å²) in [6.45, 7) is 0.526. The molecule has 1 aromatic rings.